The molecule has 2 aliphatic rings. The van der Waals surface area contributed by atoms with E-state index in [9.17, 15) is 17.6 Å². The first-order valence-electron chi connectivity index (χ1n) is 11.1. The third-order valence-electron chi connectivity index (χ3n) is 6.49. The van der Waals surface area contributed by atoms with Gasteiger partial charge in [-0.1, -0.05) is 31.4 Å². The number of aromatic nitrogens is 2. The van der Waals surface area contributed by atoms with Crippen molar-refractivity contribution in [2.75, 3.05) is 23.3 Å². The number of nitrogens with one attached hydrogen (secondary N) is 1. The zero-order valence-corrected chi connectivity index (χ0v) is 17.8. The highest BCUT2D eigenvalue weighted by Gasteiger charge is 2.34. The van der Waals surface area contributed by atoms with Crippen molar-refractivity contribution in [1.29, 1.82) is 0 Å². The van der Waals surface area contributed by atoms with Crippen molar-refractivity contribution in [2.45, 2.75) is 69.3 Å². The Morgan fingerprint density at radius 1 is 1.00 bits per heavy atom. The molecular formula is C23H27F5N4. The van der Waals surface area contributed by atoms with E-state index < -0.39 is 23.2 Å². The summed E-state index contributed by atoms with van der Waals surface area (Å²) in [5, 5.41) is 2.83. The van der Waals surface area contributed by atoms with Gasteiger partial charge in [0.2, 0.25) is 5.82 Å². The van der Waals surface area contributed by atoms with Crippen LogP contribution >= 0.6 is 0 Å². The molecule has 1 atom stereocenters. The number of piperidine rings is 1. The van der Waals surface area contributed by atoms with E-state index >= 15 is 4.39 Å². The Kier molecular flexibility index (Phi) is 6.53. The Morgan fingerprint density at radius 2 is 1.72 bits per heavy atom. The Morgan fingerprint density at radius 3 is 2.41 bits per heavy atom. The molecule has 2 fully saturated rings. The van der Waals surface area contributed by atoms with E-state index in [4.69, 9.17) is 0 Å². The first-order valence-corrected chi connectivity index (χ1v) is 11.1. The summed E-state index contributed by atoms with van der Waals surface area (Å²) in [5.41, 5.74) is -1.41. The van der Waals surface area contributed by atoms with Crippen LogP contribution in [0.4, 0.5) is 33.6 Å². The van der Waals surface area contributed by atoms with Gasteiger partial charge in [0.1, 0.15) is 12.0 Å². The summed E-state index contributed by atoms with van der Waals surface area (Å²) in [7, 11) is 0. The number of halogens is 5. The van der Waals surface area contributed by atoms with Gasteiger partial charge in [0.15, 0.2) is 11.6 Å². The fourth-order valence-corrected chi connectivity index (χ4v) is 4.71. The van der Waals surface area contributed by atoms with Gasteiger partial charge in [-0.15, -0.1) is 0 Å². The van der Waals surface area contributed by atoms with Crippen LogP contribution in [0.25, 0.3) is 0 Å². The Bertz CT molecular complexity index is 910. The van der Waals surface area contributed by atoms with Crippen LogP contribution in [0.15, 0.2) is 30.6 Å². The molecular weight excluding hydrogens is 427 g/mol. The number of rotatable bonds is 5. The SMILES string of the molecule is Fc1c(NCC2(F)CCCCC2)ncnc1N1CCCCC1c1ccc(C(F)(F)F)cc1. The summed E-state index contributed by atoms with van der Waals surface area (Å²) < 4.78 is 69.0. The van der Waals surface area contributed by atoms with Crippen LogP contribution in [0.3, 0.4) is 0 Å². The van der Waals surface area contributed by atoms with E-state index in [-0.39, 0.29) is 24.2 Å². The fourth-order valence-electron chi connectivity index (χ4n) is 4.71. The van der Waals surface area contributed by atoms with Crippen molar-refractivity contribution >= 4 is 11.6 Å². The number of hydrogen-bond acceptors (Lipinski definition) is 4. The summed E-state index contributed by atoms with van der Waals surface area (Å²) in [6, 6.07) is 4.70. The maximum absolute atomic E-state index is 15.3. The van der Waals surface area contributed by atoms with E-state index in [0.717, 1.165) is 44.2 Å². The lowest BCUT2D eigenvalue weighted by atomic mass is 9.86. The first-order chi connectivity index (χ1) is 15.3. The maximum Gasteiger partial charge on any atom is 0.416 e. The van der Waals surface area contributed by atoms with Gasteiger partial charge in [-0.2, -0.15) is 17.6 Å². The van der Waals surface area contributed by atoms with Crippen LogP contribution < -0.4 is 10.2 Å². The van der Waals surface area contributed by atoms with Crippen LogP contribution in [-0.2, 0) is 6.18 Å². The Hall–Kier alpha value is -2.45. The lowest BCUT2D eigenvalue weighted by Gasteiger charge is -2.37. The van der Waals surface area contributed by atoms with Crippen LogP contribution in [-0.4, -0.2) is 28.7 Å². The molecule has 0 radical (unpaired) electrons. The number of hydrogen-bond donors (Lipinski definition) is 1. The van der Waals surface area contributed by atoms with E-state index in [1.807, 2.05) is 0 Å². The largest absolute Gasteiger partial charge is 0.416 e. The van der Waals surface area contributed by atoms with Crippen molar-refractivity contribution in [3.63, 3.8) is 0 Å². The van der Waals surface area contributed by atoms with Gasteiger partial charge < -0.3 is 10.2 Å². The van der Waals surface area contributed by atoms with Gasteiger partial charge in [0.25, 0.3) is 0 Å². The summed E-state index contributed by atoms with van der Waals surface area (Å²) in [5.74, 6) is -0.622. The third-order valence-corrected chi connectivity index (χ3v) is 6.49. The number of nitrogens with zero attached hydrogens (tertiary/aromatic N) is 3. The topological polar surface area (TPSA) is 41.1 Å². The lowest BCUT2D eigenvalue weighted by Crippen LogP contribution is -2.36. The number of benzene rings is 1. The average molecular weight is 454 g/mol. The highest BCUT2D eigenvalue weighted by Crippen LogP contribution is 2.38. The molecule has 2 heterocycles. The van der Waals surface area contributed by atoms with Crippen molar-refractivity contribution in [2.24, 2.45) is 0 Å². The second-order valence-corrected chi connectivity index (χ2v) is 8.75. The van der Waals surface area contributed by atoms with Crippen molar-refractivity contribution < 1.29 is 22.0 Å². The van der Waals surface area contributed by atoms with E-state index in [2.05, 4.69) is 15.3 Å². The molecule has 4 rings (SSSR count). The second kappa shape index (κ2) is 9.19. The van der Waals surface area contributed by atoms with E-state index in [1.54, 1.807) is 4.90 Å². The maximum atomic E-state index is 15.3. The molecule has 1 aromatic carbocycles. The quantitative estimate of drug-likeness (QED) is 0.527. The van der Waals surface area contributed by atoms with Gasteiger partial charge in [-0.25, -0.2) is 14.4 Å². The predicted octanol–water partition coefficient (Wildman–Crippen LogP) is 6.45. The predicted molar refractivity (Wildman–Crippen MR) is 113 cm³/mol. The molecule has 1 N–H and O–H groups in total. The zero-order chi connectivity index (χ0) is 22.8. The van der Waals surface area contributed by atoms with Gasteiger partial charge >= 0.3 is 6.18 Å². The van der Waals surface area contributed by atoms with Crippen LogP contribution in [0.5, 0.6) is 0 Å². The molecule has 2 aromatic rings. The van der Waals surface area contributed by atoms with Crippen molar-refractivity contribution in [3.05, 3.63) is 47.5 Å². The molecule has 1 saturated carbocycles. The van der Waals surface area contributed by atoms with Gasteiger partial charge in [-0.05, 0) is 49.8 Å². The minimum absolute atomic E-state index is 0.0112. The standard InChI is InChI=1S/C23H27F5N4/c24-19-20(29-14-22(25)11-3-1-4-12-22)30-15-31-21(19)32-13-5-2-6-18(32)16-7-9-17(10-8-16)23(26,27)28/h7-10,15,18H,1-6,11-14H2,(H,29,30,31). The molecule has 4 nitrogen and oxygen atoms in total. The third kappa shape index (κ3) is 4.96. The number of anilines is 2. The first kappa shape index (κ1) is 22.7. The molecule has 1 unspecified atom stereocenters. The van der Waals surface area contributed by atoms with E-state index in [0.29, 0.717) is 31.4 Å². The van der Waals surface area contributed by atoms with Gasteiger partial charge in [0.05, 0.1) is 18.2 Å². The highest BCUT2D eigenvalue weighted by molar-refractivity contribution is 5.53. The second-order valence-electron chi connectivity index (χ2n) is 8.75. The van der Waals surface area contributed by atoms with Gasteiger partial charge in [0, 0.05) is 6.54 Å². The molecule has 1 saturated heterocycles. The molecule has 9 heteroatoms. The van der Waals surface area contributed by atoms with Crippen molar-refractivity contribution in [1.82, 2.24) is 9.97 Å². The smallest absolute Gasteiger partial charge is 0.364 e. The zero-order valence-electron chi connectivity index (χ0n) is 17.8. The van der Waals surface area contributed by atoms with Crippen LogP contribution in [0, 0.1) is 5.82 Å². The summed E-state index contributed by atoms with van der Waals surface area (Å²) in [6.45, 7) is 0.509. The van der Waals surface area contributed by atoms with Gasteiger partial charge in [-0.3, -0.25) is 0 Å². The van der Waals surface area contributed by atoms with Crippen molar-refractivity contribution in [3.8, 4) is 0 Å². The van der Waals surface area contributed by atoms with Crippen LogP contribution in [0.1, 0.15) is 68.5 Å². The fraction of sp³-hybridized carbons (Fsp3) is 0.565. The number of alkyl halides is 4. The minimum Gasteiger partial charge on any atom is -0.364 e. The molecule has 0 spiro atoms. The molecule has 1 aliphatic heterocycles. The average Bonchev–Trinajstić information content (AvgIpc) is 2.78. The summed E-state index contributed by atoms with van der Waals surface area (Å²) >= 11 is 0. The monoisotopic (exact) mass is 454 g/mol. The highest BCUT2D eigenvalue weighted by atomic mass is 19.4. The van der Waals surface area contributed by atoms with Crippen LogP contribution in [0.2, 0.25) is 0 Å². The molecule has 0 amide bonds. The Balaban J connectivity index is 1.55. The molecule has 1 aromatic heterocycles. The Labute approximate surface area is 184 Å². The normalized spacial score (nSPS) is 21.4. The summed E-state index contributed by atoms with van der Waals surface area (Å²) in [4.78, 5) is 9.88. The molecule has 0 bridgehead atoms. The minimum atomic E-state index is -4.41. The summed E-state index contributed by atoms with van der Waals surface area (Å²) in [6.07, 6.45) is 2.74. The molecule has 174 valence electrons. The molecule has 1 aliphatic carbocycles. The van der Waals surface area contributed by atoms with E-state index in [1.165, 1.54) is 18.5 Å². The lowest BCUT2D eigenvalue weighted by molar-refractivity contribution is -0.137. The molecule has 32 heavy (non-hydrogen) atoms.